The maximum Gasteiger partial charge on any atom is 0.250 e. The molecule has 7 heteroatoms. The molecule has 0 spiro atoms. The highest BCUT2D eigenvalue weighted by molar-refractivity contribution is 6.00. The summed E-state index contributed by atoms with van der Waals surface area (Å²) >= 11 is 0. The number of amides is 1. The van der Waals surface area contributed by atoms with E-state index in [0.29, 0.717) is 28.5 Å². The number of rotatable bonds is 6. The predicted octanol–water partition coefficient (Wildman–Crippen LogP) is 2.99. The van der Waals surface area contributed by atoms with Crippen LogP contribution in [0.4, 0.5) is 11.5 Å². The highest BCUT2D eigenvalue weighted by Crippen LogP contribution is 2.27. The minimum Gasteiger partial charge on any atom is -0.390 e. The number of nitrogens with two attached hydrogens (primary N) is 2. The van der Waals surface area contributed by atoms with Crippen molar-refractivity contribution in [1.29, 1.82) is 0 Å². The molecule has 0 aliphatic rings. The molecule has 0 saturated heterocycles. The third-order valence-corrected chi connectivity index (χ3v) is 3.78. The van der Waals surface area contributed by atoms with Gasteiger partial charge in [0.15, 0.2) is 5.82 Å². The van der Waals surface area contributed by atoms with E-state index in [1.165, 1.54) is 12.5 Å². The van der Waals surface area contributed by atoms with E-state index in [4.69, 9.17) is 11.5 Å². The van der Waals surface area contributed by atoms with E-state index in [9.17, 15) is 4.79 Å². The molecule has 3 aromatic rings. The number of fused-ring (bicyclic) bond motifs is 1. The number of anilines is 2. The van der Waals surface area contributed by atoms with E-state index < -0.39 is 5.91 Å². The Morgan fingerprint density at radius 1 is 1.11 bits per heavy atom. The Hall–Kier alpha value is -4.00. The molecule has 0 unspecified atom stereocenters. The topological polar surface area (TPSA) is 119 Å². The third kappa shape index (κ3) is 3.98. The molecule has 0 aliphatic carbocycles. The minimum absolute atomic E-state index is 0.373. The molecule has 134 valence electrons. The van der Waals surface area contributed by atoms with Crippen LogP contribution < -0.4 is 16.8 Å². The number of hydrogen-bond acceptors (Lipinski definition) is 5. The summed E-state index contributed by atoms with van der Waals surface area (Å²) in [4.78, 5) is 24.6. The molecule has 27 heavy (non-hydrogen) atoms. The summed E-state index contributed by atoms with van der Waals surface area (Å²) < 4.78 is 0. The normalized spacial score (nSPS) is 11.3. The average molecular weight is 358 g/mol. The zero-order valence-corrected chi connectivity index (χ0v) is 14.5. The van der Waals surface area contributed by atoms with Gasteiger partial charge in [-0.25, -0.2) is 15.0 Å². The Bertz CT molecular complexity index is 1070. The molecule has 2 aromatic carbocycles. The zero-order valence-electron chi connectivity index (χ0n) is 14.5. The molecule has 1 amide bonds. The molecule has 0 radical (unpaired) electrons. The zero-order chi connectivity index (χ0) is 19.2. The lowest BCUT2D eigenvalue weighted by Gasteiger charge is -2.13. The number of allylic oxidation sites excluding steroid dienone is 2. The number of aromatic nitrogens is 2. The molecule has 5 N–H and O–H groups in total. The van der Waals surface area contributed by atoms with Crippen molar-refractivity contribution < 1.29 is 4.79 Å². The Morgan fingerprint density at radius 3 is 2.63 bits per heavy atom. The fraction of sp³-hybridized carbons (Fsp3) is 0. The van der Waals surface area contributed by atoms with Crippen molar-refractivity contribution in [2.75, 3.05) is 5.32 Å². The first-order valence-corrected chi connectivity index (χ1v) is 8.12. The Labute approximate surface area is 156 Å². The van der Waals surface area contributed by atoms with Gasteiger partial charge in [-0.1, -0.05) is 30.8 Å². The van der Waals surface area contributed by atoms with Crippen molar-refractivity contribution in [3.8, 4) is 0 Å². The monoisotopic (exact) mass is 358 g/mol. The number of carbonyl (C=O) groups is 1. The van der Waals surface area contributed by atoms with Crippen molar-refractivity contribution in [2.24, 2.45) is 16.5 Å². The van der Waals surface area contributed by atoms with Gasteiger partial charge in [-0.3, -0.25) is 4.79 Å². The van der Waals surface area contributed by atoms with Gasteiger partial charge < -0.3 is 16.8 Å². The number of nitrogens with zero attached hydrogens (tertiary/aromatic N) is 3. The third-order valence-electron chi connectivity index (χ3n) is 3.78. The molecule has 3 rings (SSSR count). The van der Waals surface area contributed by atoms with Crippen molar-refractivity contribution >= 4 is 40.2 Å². The summed E-state index contributed by atoms with van der Waals surface area (Å²) in [5.41, 5.74) is 12.9. The van der Waals surface area contributed by atoms with Crippen LogP contribution in [0.3, 0.4) is 0 Å². The van der Waals surface area contributed by atoms with Crippen LogP contribution >= 0.6 is 0 Å². The average Bonchev–Trinajstić information content (AvgIpc) is 2.68. The van der Waals surface area contributed by atoms with Gasteiger partial charge in [0.2, 0.25) is 0 Å². The molecule has 0 aliphatic heterocycles. The van der Waals surface area contributed by atoms with Gasteiger partial charge in [-0.2, -0.15) is 0 Å². The highest BCUT2D eigenvalue weighted by atomic mass is 16.1. The number of para-hydroxylation sites is 2. The second-order valence-corrected chi connectivity index (χ2v) is 5.59. The fourth-order valence-corrected chi connectivity index (χ4v) is 2.51. The lowest BCUT2D eigenvalue weighted by molar-refractivity contribution is 0.100. The molecule has 0 saturated carbocycles. The number of hydrogen-bond donors (Lipinski definition) is 3. The largest absolute Gasteiger partial charge is 0.390 e. The number of carbonyl (C=O) groups excluding carboxylic acids is 1. The van der Waals surface area contributed by atoms with Crippen LogP contribution in [-0.2, 0) is 0 Å². The maximum atomic E-state index is 11.7. The molecular weight excluding hydrogens is 340 g/mol. The first-order valence-electron chi connectivity index (χ1n) is 8.12. The van der Waals surface area contributed by atoms with Gasteiger partial charge in [-0.15, -0.1) is 0 Å². The van der Waals surface area contributed by atoms with Gasteiger partial charge in [0.1, 0.15) is 5.82 Å². The van der Waals surface area contributed by atoms with Crippen LogP contribution in [0.25, 0.3) is 16.5 Å². The number of nitrogens with one attached hydrogen (secondary N) is 1. The van der Waals surface area contributed by atoms with E-state index in [1.807, 2.05) is 30.3 Å². The number of primary amides is 1. The summed E-state index contributed by atoms with van der Waals surface area (Å²) in [6, 6.07) is 14.5. The summed E-state index contributed by atoms with van der Waals surface area (Å²) in [5.74, 6) is 0.445. The minimum atomic E-state index is -0.524. The molecular formula is C20H18N6O. The maximum absolute atomic E-state index is 11.7. The van der Waals surface area contributed by atoms with Gasteiger partial charge in [0.25, 0.3) is 5.91 Å². The van der Waals surface area contributed by atoms with E-state index in [0.717, 1.165) is 10.9 Å². The molecule has 7 nitrogen and oxygen atoms in total. The van der Waals surface area contributed by atoms with E-state index in [-0.39, 0.29) is 0 Å². The summed E-state index contributed by atoms with van der Waals surface area (Å²) in [7, 11) is 0. The van der Waals surface area contributed by atoms with Gasteiger partial charge in [-0.05, 0) is 30.3 Å². The van der Waals surface area contributed by atoms with Gasteiger partial charge in [0, 0.05) is 17.2 Å². The summed E-state index contributed by atoms with van der Waals surface area (Å²) in [5, 5.41) is 4.00. The second-order valence-electron chi connectivity index (χ2n) is 5.59. The molecule has 1 heterocycles. The number of aliphatic imine (C=N–C) groups is 1. The lowest BCUT2D eigenvalue weighted by atomic mass is 10.1. The summed E-state index contributed by atoms with van der Waals surface area (Å²) in [6.45, 7) is 3.97. The van der Waals surface area contributed by atoms with Crippen molar-refractivity contribution in [3.05, 3.63) is 78.8 Å². The van der Waals surface area contributed by atoms with Crippen LogP contribution in [0.15, 0.2) is 72.4 Å². The van der Waals surface area contributed by atoms with Crippen molar-refractivity contribution in [3.63, 3.8) is 0 Å². The number of benzene rings is 2. The first-order chi connectivity index (χ1) is 13.1. The summed E-state index contributed by atoms with van der Waals surface area (Å²) in [6.07, 6.45) is 4.35. The SMILES string of the molecule is C=C(/C=C\N=CN)c1nc(Nc2ccccc2C(N)=O)c2ccccc2n1. The van der Waals surface area contributed by atoms with E-state index in [2.05, 4.69) is 26.9 Å². The van der Waals surface area contributed by atoms with Crippen molar-refractivity contribution in [2.45, 2.75) is 0 Å². The predicted molar refractivity (Wildman–Crippen MR) is 109 cm³/mol. The van der Waals surface area contributed by atoms with Crippen molar-refractivity contribution in [1.82, 2.24) is 9.97 Å². The van der Waals surface area contributed by atoms with Crippen LogP contribution in [0.2, 0.25) is 0 Å². The van der Waals surface area contributed by atoms with Crippen LogP contribution in [0, 0.1) is 0 Å². The highest BCUT2D eigenvalue weighted by Gasteiger charge is 2.12. The fourth-order valence-electron chi connectivity index (χ4n) is 2.51. The van der Waals surface area contributed by atoms with Gasteiger partial charge >= 0.3 is 0 Å². The van der Waals surface area contributed by atoms with Gasteiger partial charge in [0.05, 0.1) is 23.1 Å². The van der Waals surface area contributed by atoms with E-state index in [1.54, 1.807) is 24.3 Å². The molecule has 0 fully saturated rings. The Balaban J connectivity index is 2.09. The van der Waals surface area contributed by atoms with Crippen LogP contribution in [-0.4, -0.2) is 22.2 Å². The van der Waals surface area contributed by atoms with E-state index >= 15 is 0 Å². The van der Waals surface area contributed by atoms with Crippen LogP contribution in [0.5, 0.6) is 0 Å². The lowest BCUT2D eigenvalue weighted by Crippen LogP contribution is -2.13. The van der Waals surface area contributed by atoms with Crippen LogP contribution in [0.1, 0.15) is 16.2 Å². The standard InChI is InChI=1S/C20H18N6O/c1-13(10-11-23-12-21)19-24-17-9-5-3-7-15(17)20(26-19)25-16-8-4-2-6-14(16)18(22)27/h2-12H,1H2,(H2,21,23)(H2,22,27)(H,24,25,26)/b11-10-. The Morgan fingerprint density at radius 2 is 1.85 bits per heavy atom. The quantitative estimate of drug-likeness (QED) is 0.355. The molecule has 0 bridgehead atoms. The smallest absolute Gasteiger partial charge is 0.250 e. The Kier molecular flexibility index (Phi) is 5.22. The first kappa shape index (κ1) is 17.8. The molecule has 0 atom stereocenters. The second kappa shape index (κ2) is 7.92. The molecule has 1 aromatic heterocycles.